The molecule has 0 spiro atoms. The fourth-order valence-corrected chi connectivity index (χ4v) is 3.61. The van der Waals surface area contributed by atoms with E-state index in [-0.39, 0.29) is 16.6 Å². The molecule has 1 N–H and O–H groups in total. The summed E-state index contributed by atoms with van der Waals surface area (Å²) in [6.07, 6.45) is 0. The monoisotopic (exact) mass is 409 g/mol. The number of thioether (sulfide) groups is 1. The van der Waals surface area contributed by atoms with E-state index in [1.807, 2.05) is 51.1 Å². The van der Waals surface area contributed by atoms with Crippen LogP contribution in [0.2, 0.25) is 0 Å². The summed E-state index contributed by atoms with van der Waals surface area (Å²) in [7, 11) is 0. The molecule has 3 aromatic rings. The van der Waals surface area contributed by atoms with E-state index in [0.717, 1.165) is 22.4 Å². The zero-order valence-corrected chi connectivity index (χ0v) is 18.6. The minimum Gasteiger partial charge on any atom is -0.411 e. The first-order valence-corrected chi connectivity index (χ1v) is 10.5. The first kappa shape index (κ1) is 21.1. The maximum absolute atomic E-state index is 12.6. The van der Waals surface area contributed by atoms with Gasteiger partial charge in [-0.3, -0.25) is 4.79 Å². The smallest absolute Gasteiger partial charge is 0.277 e. The number of benzene rings is 2. The second kappa shape index (κ2) is 8.41. The molecule has 0 fully saturated rings. The molecule has 6 heteroatoms. The number of anilines is 1. The van der Waals surface area contributed by atoms with Crippen LogP contribution in [0.5, 0.6) is 0 Å². The molecule has 0 aliphatic rings. The average molecular weight is 410 g/mol. The van der Waals surface area contributed by atoms with Gasteiger partial charge in [0.15, 0.2) is 0 Å². The van der Waals surface area contributed by atoms with E-state index in [1.165, 1.54) is 17.3 Å². The summed E-state index contributed by atoms with van der Waals surface area (Å²) in [6, 6.07) is 14.1. The predicted octanol–water partition coefficient (Wildman–Crippen LogP) is 5.77. The molecule has 0 bridgehead atoms. The number of para-hydroxylation sites is 1. The standard InChI is InChI=1S/C23H27N3O2S/c1-14-8-7-9-15(2)19(14)24-20(27)16(3)29-22-26-25-21(28-22)17-10-12-18(13-11-17)23(4,5)6/h7-13,16H,1-6H3,(H,24,27)/t16-/m0/s1. The second-order valence-electron chi connectivity index (χ2n) is 8.22. The molecule has 152 valence electrons. The van der Waals surface area contributed by atoms with Gasteiger partial charge in [-0.15, -0.1) is 10.2 Å². The van der Waals surface area contributed by atoms with Gasteiger partial charge in [-0.25, -0.2) is 0 Å². The topological polar surface area (TPSA) is 68.0 Å². The van der Waals surface area contributed by atoms with Crippen LogP contribution in [0.1, 0.15) is 44.4 Å². The third-order valence-electron chi connectivity index (χ3n) is 4.78. The van der Waals surface area contributed by atoms with Crippen LogP contribution in [0.15, 0.2) is 52.1 Å². The highest BCUT2D eigenvalue weighted by atomic mass is 32.2. The van der Waals surface area contributed by atoms with Crippen molar-refractivity contribution in [3.8, 4) is 11.5 Å². The van der Waals surface area contributed by atoms with Crippen LogP contribution in [-0.4, -0.2) is 21.4 Å². The Kier molecular flexibility index (Phi) is 6.13. The van der Waals surface area contributed by atoms with Crippen molar-refractivity contribution in [3.63, 3.8) is 0 Å². The SMILES string of the molecule is Cc1cccc(C)c1NC(=O)[C@H](C)Sc1nnc(-c2ccc(C(C)(C)C)cc2)o1. The molecule has 1 amide bonds. The summed E-state index contributed by atoms with van der Waals surface area (Å²) in [5.74, 6) is 0.358. The third-order valence-corrected chi connectivity index (χ3v) is 5.71. The molecule has 0 saturated carbocycles. The third kappa shape index (κ3) is 5.07. The number of carbonyl (C=O) groups excluding carboxylic acids is 1. The van der Waals surface area contributed by atoms with E-state index in [0.29, 0.717) is 11.1 Å². The molecule has 0 aliphatic carbocycles. The lowest BCUT2D eigenvalue weighted by atomic mass is 9.87. The zero-order valence-electron chi connectivity index (χ0n) is 17.7. The maximum Gasteiger partial charge on any atom is 0.277 e. The van der Waals surface area contributed by atoms with E-state index in [1.54, 1.807) is 0 Å². The second-order valence-corrected chi connectivity index (χ2v) is 9.51. The van der Waals surface area contributed by atoms with Crippen LogP contribution in [0, 0.1) is 13.8 Å². The predicted molar refractivity (Wildman–Crippen MR) is 118 cm³/mol. The Morgan fingerprint density at radius 2 is 1.66 bits per heavy atom. The normalized spacial score (nSPS) is 12.6. The van der Waals surface area contributed by atoms with Crippen LogP contribution < -0.4 is 5.32 Å². The van der Waals surface area contributed by atoms with Crippen molar-refractivity contribution >= 4 is 23.4 Å². The Bertz CT molecular complexity index is 983. The van der Waals surface area contributed by atoms with Gasteiger partial charge in [-0.05, 0) is 55.0 Å². The van der Waals surface area contributed by atoms with Gasteiger partial charge in [0.2, 0.25) is 11.8 Å². The van der Waals surface area contributed by atoms with Gasteiger partial charge in [-0.2, -0.15) is 0 Å². The summed E-state index contributed by atoms with van der Waals surface area (Å²) >= 11 is 1.25. The van der Waals surface area contributed by atoms with E-state index >= 15 is 0 Å². The van der Waals surface area contributed by atoms with Gasteiger partial charge in [0.1, 0.15) is 0 Å². The number of nitrogens with zero attached hydrogens (tertiary/aromatic N) is 2. The average Bonchev–Trinajstić information content (AvgIpc) is 3.12. The van der Waals surface area contributed by atoms with Gasteiger partial charge in [0.25, 0.3) is 5.22 Å². The number of aromatic nitrogens is 2. The number of hydrogen-bond acceptors (Lipinski definition) is 5. The van der Waals surface area contributed by atoms with Crippen LogP contribution in [-0.2, 0) is 10.2 Å². The lowest BCUT2D eigenvalue weighted by Crippen LogP contribution is -2.23. The Balaban J connectivity index is 1.67. The van der Waals surface area contributed by atoms with Crippen molar-refractivity contribution in [1.29, 1.82) is 0 Å². The van der Waals surface area contributed by atoms with Gasteiger partial charge >= 0.3 is 0 Å². The highest BCUT2D eigenvalue weighted by Crippen LogP contribution is 2.29. The lowest BCUT2D eigenvalue weighted by molar-refractivity contribution is -0.115. The van der Waals surface area contributed by atoms with Crippen LogP contribution in [0.25, 0.3) is 11.5 Å². The van der Waals surface area contributed by atoms with Gasteiger partial charge < -0.3 is 9.73 Å². The number of hydrogen-bond donors (Lipinski definition) is 1. The van der Waals surface area contributed by atoms with Crippen molar-refractivity contribution in [3.05, 3.63) is 59.2 Å². The minimum absolute atomic E-state index is 0.0899. The van der Waals surface area contributed by atoms with E-state index < -0.39 is 0 Å². The molecule has 0 radical (unpaired) electrons. The van der Waals surface area contributed by atoms with E-state index in [2.05, 4.69) is 48.4 Å². The molecule has 1 atom stereocenters. The van der Waals surface area contributed by atoms with Crippen LogP contribution >= 0.6 is 11.8 Å². The van der Waals surface area contributed by atoms with Crippen molar-refractivity contribution in [2.24, 2.45) is 0 Å². The summed E-state index contributed by atoms with van der Waals surface area (Å²) < 4.78 is 5.77. The fraction of sp³-hybridized carbons (Fsp3) is 0.348. The summed E-state index contributed by atoms with van der Waals surface area (Å²) in [4.78, 5) is 12.6. The van der Waals surface area contributed by atoms with Gasteiger partial charge in [0.05, 0.1) is 5.25 Å². The first-order valence-electron chi connectivity index (χ1n) is 9.63. The zero-order chi connectivity index (χ0) is 21.2. The molecule has 5 nitrogen and oxygen atoms in total. The molecule has 2 aromatic carbocycles. The summed E-state index contributed by atoms with van der Waals surface area (Å²) in [6.45, 7) is 12.3. The Morgan fingerprint density at radius 3 is 2.24 bits per heavy atom. The molecular formula is C23H27N3O2S. The van der Waals surface area contributed by atoms with Crippen molar-refractivity contribution in [2.45, 2.75) is 57.4 Å². The first-order chi connectivity index (χ1) is 13.6. The lowest BCUT2D eigenvalue weighted by Gasteiger charge is -2.18. The Labute approximate surface area is 176 Å². The van der Waals surface area contributed by atoms with E-state index in [4.69, 9.17) is 4.42 Å². The van der Waals surface area contributed by atoms with Crippen LogP contribution in [0.4, 0.5) is 5.69 Å². The quantitative estimate of drug-likeness (QED) is 0.542. The number of aryl methyl sites for hydroxylation is 2. The van der Waals surface area contributed by atoms with Crippen molar-refractivity contribution < 1.29 is 9.21 Å². The summed E-state index contributed by atoms with van der Waals surface area (Å²) in [5.41, 5.74) is 5.13. The van der Waals surface area contributed by atoms with E-state index in [9.17, 15) is 4.79 Å². The highest BCUT2D eigenvalue weighted by molar-refractivity contribution is 8.00. The van der Waals surface area contributed by atoms with Gasteiger partial charge in [-0.1, -0.05) is 62.9 Å². The van der Waals surface area contributed by atoms with Crippen LogP contribution in [0.3, 0.4) is 0 Å². The largest absolute Gasteiger partial charge is 0.411 e. The molecule has 1 heterocycles. The van der Waals surface area contributed by atoms with Crippen molar-refractivity contribution in [2.75, 3.05) is 5.32 Å². The Morgan fingerprint density at radius 1 is 1.03 bits per heavy atom. The Hall–Kier alpha value is -2.60. The minimum atomic E-state index is -0.370. The summed E-state index contributed by atoms with van der Waals surface area (Å²) in [5, 5.41) is 11.2. The molecule has 0 unspecified atom stereocenters. The van der Waals surface area contributed by atoms with Gasteiger partial charge in [0, 0.05) is 11.3 Å². The molecule has 1 aromatic heterocycles. The maximum atomic E-state index is 12.6. The number of amides is 1. The molecule has 3 rings (SSSR count). The number of rotatable bonds is 5. The molecule has 0 aliphatic heterocycles. The fourth-order valence-electron chi connectivity index (χ4n) is 2.93. The molecular weight excluding hydrogens is 382 g/mol. The molecule has 29 heavy (non-hydrogen) atoms. The molecule has 0 saturated heterocycles. The van der Waals surface area contributed by atoms with Crippen molar-refractivity contribution in [1.82, 2.24) is 10.2 Å². The highest BCUT2D eigenvalue weighted by Gasteiger charge is 2.20. The number of nitrogens with one attached hydrogen (secondary N) is 1. The number of carbonyl (C=O) groups is 1.